The molecule has 0 saturated heterocycles. The number of rotatable bonds is 3. The fourth-order valence-corrected chi connectivity index (χ4v) is 2.47. The Morgan fingerprint density at radius 1 is 0.920 bits per heavy atom. The molecule has 1 aromatic heterocycles. The first-order chi connectivity index (χ1) is 12.2. The Labute approximate surface area is 141 Å². The highest BCUT2D eigenvalue weighted by molar-refractivity contribution is 5.73. The summed E-state index contributed by atoms with van der Waals surface area (Å²) in [6, 6.07) is 10.8. The molecule has 4 rings (SSSR count). The predicted octanol–water partition coefficient (Wildman–Crippen LogP) is 3.70. The zero-order chi connectivity index (χ0) is 17.2. The second-order valence-corrected chi connectivity index (χ2v) is 5.34. The van der Waals surface area contributed by atoms with Crippen molar-refractivity contribution in [2.75, 3.05) is 13.2 Å². The Kier molecular flexibility index (Phi) is 3.77. The second kappa shape index (κ2) is 6.23. The predicted molar refractivity (Wildman–Crippen MR) is 88.4 cm³/mol. The van der Waals surface area contributed by atoms with Crippen LogP contribution >= 0.6 is 0 Å². The van der Waals surface area contributed by atoms with Crippen LogP contribution in [0.2, 0.25) is 0 Å². The largest absolute Gasteiger partial charge is 0.486 e. The number of H-pyrrole nitrogens is 2. The van der Waals surface area contributed by atoms with Gasteiger partial charge in [-0.1, -0.05) is 0 Å². The third-order valence-electron chi connectivity index (χ3n) is 3.68. The SMILES string of the molecule is O=c1[nH][nH]c(-c2ccc3c(c2)OCCO3)c1N=Nc1ccc(F)cc1. The molecule has 126 valence electrons. The van der Waals surface area contributed by atoms with Crippen LogP contribution in [0.15, 0.2) is 57.5 Å². The summed E-state index contributed by atoms with van der Waals surface area (Å²) < 4.78 is 24.0. The monoisotopic (exact) mass is 340 g/mol. The molecule has 0 amide bonds. The summed E-state index contributed by atoms with van der Waals surface area (Å²) >= 11 is 0. The lowest BCUT2D eigenvalue weighted by atomic mass is 10.1. The van der Waals surface area contributed by atoms with E-state index in [1.54, 1.807) is 18.2 Å². The van der Waals surface area contributed by atoms with Crippen molar-refractivity contribution in [1.29, 1.82) is 0 Å². The first-order valence-electron chi connectivity index (χ1n) is 7.59. The number of fused-ring (bicyclic) bond motifs is 1. The van der Waals surface area contributed by atoms with E-state index in [-0.39, 0.29) is 11.5 Å². The minimum Gasteiger partial charge on any atom is -0.486 e. The van der Waals surface area contributed by atoms with Crippen molar-refractivity contribution in [3.05, 3.63) is 58.6 Å². The molecule has 0 spiro atoms. The maximum absolute atomic E-state index is 12.9. The van der Waals surface area contributed by atoms with Crippen molar-refractivity contribution < 1.29 is 13.9 Å². The van der Waals surface area contributed by atoms with E-state index in [0.717, 1.165) is 0 Å². The summed E-state index contributed by atoms with van der Waals surface area (Å²) in [7, 11) is 0. The molecule has 0 atom stereocenters. The zero-order valence-corrected chi connectivity index (χ0v) is 13.0. The van der Waals surface area contributed by atoms with Crippen LogP contribution in [0.1, 0.15) is 0 Å². The second-order valence-electron chi connectivity index (χ2n) is 5.34. The van der Waals surface area contributed by atoms with Gasteiger partial charge >= 0.3 is 0 Å². The van der Waals surface area contributed by atoms with E-state index in [0.29, 0.717) is 41.7 Å². The van der Waals surface area contributed by atoms with Gasteiger partial charge in [0.05, 0.1) is 11.4 Å². The summed E-state index contributed by atoms with van der Waals surface area (Å²) in [5.41, 5.74) is 1.34. The minimum atomic E-state index is -0.407. The first kappa shape index (κ1) is 15.1. The van der Waals surface area contributed by atoms with E-state index in [1.807, 2.05) is 0 Å². The van der Waals surface area contributed by atoms with E-state index >= 15 is 0 Å². The lowest BCUT2D eigenvalue weighted by Crippen LogP contribution is -2.15. The van der Waals surface area contributed by atoms with E-state index in [9.17, 15) is 9.18 Å². The van der Waals surface area contributed by atoms with Gasteiger partial charge in [0, 0.05) is 5.56 Å². The quantitative estimate of drug-likeness (QED) is 0.712. The fourth-order valence-electron chi connectivity index (χ4n) is 2.47. The van der Waals surface area contributed by atoms with Crippen molar-refractivity contribution in [3.8, 4) is 22.8 Å². The third-order valence-corrected chi connectivity index (χ3v) is 3.68. The van der Waals surface area contributed by atoms with Crippen molar-refractivity contribution in [2.24, 2.45) is 10.2 Å². The van der Waals surface area contributed by atoms with Gasteiger partial charge in [-0.25, -0.2) is 4.39 Å². The van der Waals surface area contributed by atoms with E-state index in [1.165, 1.54) is 24.3 Å². The van der Waals surface area contributed by atoms with Crippen molar-refractivity contribution in [2.45, 2.75) is 0 Å². The number of aromatic nitrogens is 2. The number of aromatic amines is 2. The van der Waals surface area contributed by atoms with Crippen LogP contribution in [0.3, 0.4) is 0 Å². The van der Waals surface area contributed by atoms with Crippen LogP contribution < -0.4 is 15.0 Å². The third kappa shape index (κ3) is 3.01. The molecule has 25 heavy (non-hydrogen) atoms. The summed E-state index contributed by atoms with van der Waals surface area (Å²) in [5, 5.41) is 13.3. The fraction of sp³-hybridized carbons (Fsp3) is 0.118. The Morgan fingerprint density at radius 3 is 2.48 bits per heavy atom. The van der Waals surface area contributed by atoms with Gasteiger partial charge in [-0.05, 0) is 42.5 Å². The van der Waals surface area contributed by atoms with Gasteiger partial charge in [0.2, 0.25) is 0 Å². The lowest BCUT2D eigenvalue weighted by Gasteiger charge is -2.18. The molecule has 0 radical (unpaired) electrons. The molecule has 7 nitrogen and oxygen atoms in total. The number of azo groups is 1. The Bertz CT molecular complexity index is 992. The highest BCUT2D eigenvalue weighted by Crippen LogP contribution is 2.36. The molecule has 1 aliphatic heterocycles. The molecule has 0 bridgehead atoms. The van der Waals surface area contributed by atoms with E-state index in [2.05, 4.69) is 20.4 Å². The number of nitrogens with one attached hydrogen (secondary N) is 2. The summed E-state index contributed by atoms with van der Waals surface area (Å²) in [5.74, 6) is 0.894. The van der Waals surface area contributed by atoms with Gasteiger partial charge in [-0.3, -0.25) is 15.0 Å². The first-order valence-corrected chi connectivity index (χ1v) is 7.59. The summed E-state index contributed by atoms with van der Waals surface area (Å²) in [6.07, 6.45) is 0. The molecule has 2 aromatic carbocycles. The summed E-state index contributed by atoms with van der Waals surface area (Å²) in [4.78, 5) is 12.0. The zero-order valence-electron chi connectivity index (χ0n) is 13.0. The van der Waals surface area contributed by atoms with Gasteiger partial charge in [-0.15, -0.1) is 5.11 Å². The maximum Gasteiger partial charge on any atom is 0.292 e. The average molecular weight is 340 g/mol. The molecule has 2 heterocycles. The topological polar surface area (TPSA) is 91.8 Å². The van der Waals surface area contributed by atoms with Crippen LogP contribution in [-0.4, -0.2) is 23.4 Å². The van der Waals surface area contributed by atoms with Crippen LogP contribution in [0, 0.1) is 5.82 Å². The molecule has 3 aromatic rings. The number of ether oxygens (including phenoxy) is 2. The molecule has 8 heteroatoms. The van der Waals surface area contributed by atoms with Gasteiger partial charge in [-0.2, -0.15) is 5.11 Å². The molecule has 0 unspecified atom stereocenters. The lowest BCUT2D eigenvalue weighted by molar-refractivity contribution is 0.171. The molecule has 0 saturated carbocycles. The van der Waals surface area contributed by atoms with E-state index < -0.39 is 5.56 Å². The molecule has 1 aliphatic rings. The average Bonchev–Trinajstić information content (AvgIpc) is 3.01. The van der Waals surface area contributed by atoms with Crippen LogP contribution in [0.4, 0.5) is 15.8 Å². The Hall–Kier alpha value is -3.42. The van der Waals surface area contributed by atoms with Crippen LogP contribution in [0.5, 0.6) is 11.5 Å². The van der Waals surface area contributed by atoms with E-state index in [4.69, 9.17) is 9.47 Å². The van der Waals surface area contributed by atoms with Gasteiger partial charge in [0.15, 0.2) is 17.2 Å². The number of benzene rings is 2. The number of hydrogen-bond acceptors (Lipinski definition) is 5. The normalized spacial score (nSPS) is 13.3. The molecular formula is C17H13FN4O3. The molecular weight excluding hydrogens is 327 g/mol. The van der Waals surface area contributed by atoms with Crippen LogP contribution in [0.25, 0.3) is 11.3 Å². The molecule has 2 N–H and O–H groups in total. The smallest absolute Gasteiger partial charge is 0.292 e. The number of nitrogens with zero attached hydrogens (tertiary/aromatic N) is 2. The van der Waals surface area contributed by atoms with Crippen molar-refractivity contribution in [3.63, 3.8) is 0 Å². The Morgan fingerprint density at radius 2 is 1.68 bits per heavy atom. The number of hydrogen-bond donors (Lipinski definition) is 2. The highest BCUT2D eigenvalue weighted by atomic mass is 19.1. The van der Waals surface area contributed by atoms with Crippen molar-refractivity contribution >= 4 is 11.4 Å². The van der Waals surface area contributed by atoms with Crippen molar-refractivity contribution in [1.82, 2.24) is 10.2 Å². The molecule has 0 aliphatic carbocycles. The standard InChI is InChI=1S/C17H13FN4O3/c18-11-2-4-12(5-3-11)19-21-16-15(20-22-17(16)23)10-1-6-13-14(9-10)25-8-7-24-13/h1-6,9H,7-8H2,(H2,20,22,23). The minimum absolute atomic E-state index is 0.126. The van der Waals surface area contributed by atoms with Gasteiger partial charge in [0.25, 0.3) is 5.56 Å². The Balaban J connectivity index is 1.70. The van der Waals surface area contributed by atoms with Crippen LogP contribution in [-0.2, 0) is 0 Å². The van der Waals surface area contributed by atoms with Gasteiger partial charge < -0.3 is 9.47 Å². The molecule has 0 fully saturated rings. The number of halogens is 1. The van der Waals surface area contributed by atoms with Gasteiger partial charge in [0.1, 0.15) is 19.0 Å². The maximum atomic E-state index is 12.9. The highest BCUT2D eigenvalue weighted by Gasteiger charge is 2.16. The summed E-state index contributed by atoms with van der Waals surface area (Å²) in [6.45, 7) is 0.974.